The molecule has 20 heavy (non-hydrogen) atoms. The Morgan fingerprint density at radius 1 is 1.45 bits per heavy atom. The number of nitrogens with one attached hydrogen (secondary N) is 1. The van der Waals surface area contributed by atoms with Crippen LogP contribution in [0.5, 0.6) is 0 Å². The van der Waals surface area contributed by atoms with E-state index in [0.717, 1.165) is 6.07 Å². The van der Waals surface area contributed by atoms with Crippen LogP contribution < -0.4 is 5.32 Å². The maximum atomic E-state index is 12.9. The van der Waals surface area contributed by atoms with Crippen molar-refractivity contribution in [3.05, 3.63) is 33.9 Å². The lowest BCUT2D eigenvalue weighted by Gasteiger charge is -2.24. The van der Waals surface area contributed by atoms with Gasteiger partial charge in [0, 0.05) is 29.9 Å². The largest absolute Gasteiger partial charge is 0.382 e. The second kappa shape index (κ2) is 6.58. The molecule has 0 bridgehead atoms. The standard InChI is InChI=1S/C12H14F2N2O4/c13-12(14)10-5-8(16(17)18)1-2-11(10)15-6-9-7-19-3-4-20-9/h1-2,5,9,12,15H,3-4,6-7H2. The van der Waals surface area contributed by atoms with Gasteiger partial charge in [-0.3, -0.25) is 10.1 Å². The van der Waals surface area contributed by atoms with E-state index >= 15 is 0 Å². The highest BCUT2D eigenvalue weighted by Crippen LogP contribution is 2.30. The highest BCUT2D eigenvalue weighted by atomic mass is 19.3. The Kier molecular flexibility index (Phi) is 4.80. The molecule has 1 fully saturated rings. The molecule has 1 aliphatic rings. The van der Waals surface area contributed by atoms with Crippen LogP contribution in [0.15, 0.2) is 18.2 Å². The summed E-state index contributed by atoms with van der Waals surface area (Å²) in [6.45, 7) is 1.69. The van der Waals surface area contributed by atoms with E-state index < -0.39 is 16.9 Å². The zero-order valence-electron chi connectivity index (χ0n) is 10.6. The zero-order valence-corrected chi connectivity index (χ0v) is 10.6. The second-order valence-corrected chi connectivity index (χ2v) is 4.28. The second-order valence-electron chi connectivity index (χ2n) is 4.28. The maximum Gasteiger partial charge on any atom is 0.270 e. The van der Waals surface area contributed by atoms with E-state index in [2.05, 4.69) is 5.32 Å². The van der Waals surface area contributed by atoms with Crippen molar-refractivity contribution in [2.75, 3.05) is 31.7 Å². The summed E-state index contributed by atoms with van der Waals surface area (Å²) in [5, 5.41) is 13.4. The number of halogens is 2. The molecular weight excluding hydrogens is 274 g/mol. The van der Waals surface area contributed by atoms with Crippen LogP contribution in [0.3, 0.4) is 0 Å². The lowest BCUT2D eigenvalue weighted by Crippen LogP contribution is -2.34. The van der Waals surface area contributed by atoms with Crippen molar-refractivity contribution in [1.29, 1.82) is 0 Å². The summed E-state index contributed by atoms with van der Waals surface area (Å²) in [5.41, 5.74) is -0.584. The molecule has 110 valence electrons. The van der Waals surface area contributed by atoms with Gasteiger partial charge >= 0.3 is 0 Å². The molecule has 6 nitrogen and oxygen atoms in total. The molecule has 1 unspecified atom stereocenters. The van der Waals surface area contributed by atoms with Gasteiger partial charge in [-0.05, 0) is 6.07 Å². The molecule has 1 aromatic carbocycles. The van der Waals surface area contributed by atoms with Gasteiger partial charge in [-0.25, -0.2) is 8.78 Å². The number of ether oxygens (including phenoxy) is 2. The molecule has 1 aliphatic heterocycles. The highest BCUT2D eigenvalue weighted by molar-refractivity contribution is 5.56. The van der Waals surface area contributed by atoms with Crippen molar-refractivity contribution in [3.63, 3.8) is 0 Å². The van der Waals surface area contributed by atoms with Crippen LogP contribution in [0, 0.1) is 10.1 Å². The van der Waals surface area contributed by atoms with Crippen LogP contribution in [-0.2, 0) is 9.47 Å². The monoisotopic (exact) mass is 288 g/mol. The van der Waals surface area contributed by atoms with Crippen LogP contribution in [0.2, 0.25) is 0 Å². The van der Waals surface area contributed by atoms with Crippen LogP contribution in [0.1, 0.15) is 12.0 Å². The average molecular weight is 288 g/mol. The molecule has 0 aliphatic carbocycles. The summed E-state index contributed by atoms with van der Waals surface area (Å²) in [7, 11) is 0. The summed E-state index contributed by atoms with van der Waals surface area (Å²) < 4.78 is 36.4. The molecule has 8 heteroatoms. The fourth-order valence-corrected chi connectivity index (χ4v) is 1.88. The van der Waals surface area contributed by atoms with Crippen molar-refractivity contribution in [1.82, 2.24) is 0 Å². The topological polar surface area (TPSA) is 73.6 Å². The first-order valence-electron chi connectivity index (χ1n) is 6.07. The lowest BCUT2D eigenvalue weighted by molar-refractivity contribution is -0.385. The molecule has 1 aromatic rings. The number of rotatable bonds is 5. The number of nitro benzene ring substituents is 1. The summed E-state index contributed by atoms with van der Waals surface area (Å²) in [4.78, 5) is 9.90. The van der Waals surface area contributed by atoms with Gasteiger partial charge in [0.1, 0.15) is 0 Å². The summed E-state index contributed by atoms with van der Waals surface area (Å²) in [6.07, 6.45) is -3.01. The lowest BCUT2D eigenvalue weighted by atomic mass is 10.1. The Labute approximate surface area is 113 Å². The zero-order chi connectivity index (χ0) is 14.5. The molecular formula is C12H14F2N2O4. The molecule has 0 spiro atoms. The highest BCUT2D eigenvalue weighted by Gasteiger charge is 2.19. The van der Waals surface area contributed by atoms with Gasteiger partial charge in [-0.15, -0.1) is 0 Å². The average Bonchev–Trinajstić information content (AvgIpc) is 2.45. The smallest absolute Gasteiger partial charge is 0.270 e. The third kappa shape index (κ3) is 3.61. The van der Waals surface area contributed by atoms with Crippen LogP contribution in [0.25, 0.3) is 0 Å². The van der Waals surface area contributed by atoms with E-state index in [4.69, 9.17) is 9.47 Å². The molecule has 1 N–H and O–H groups in total. The van der Waals surface area contributed by atoms with Crippen LogP contribution in [0.4, 0.5) is 20.2 Å². The fourth-order valence-electron chi connectivity index (χ4n) is 1.88. The fraction of sp³-hybridized carbons (Fsp3) is 0.500. The first kappa shape index (κ1) is 14.6. The number of nitro groups is 1. The predicted molar refractivity (Wildman–Crippen MR) is 67.1 cm³/mol. The van der Waals surface area contributed by atoms with Gasteiger partial charge in [-0.2, -0.15) is 0 Å². The Morgan fingerprint density at radius 3 is 2.85 bits per heavy atom. The minimum atomic E-state index is -2.79. The molecule has 1 atom stereocenters. The van der Waals surface area contributed by atoms with Gasteiger partial charge in [0.25, 0.3) is 12.1 Å². The van der Waals surface area contributed by atoms with E-state index in [1.54, 1.807) is 0 Å². The van der Waals surface area contributed by atoms with Gasteiger partial charge < -0.3 is 14.8 Å². The molecule has 2 rings (SSSR count). The van der Waals surface area contributed by atoms with Crippen molar-refractivity contribution in [3.8, 4) is 0 Å². The maximum absolute atomic E-state index is 12.9. The first-order chi connectivity index (χ1) is 9.58. The number of anilines is 1. The summed E-state index contributed by atoms with van der Waals surface area (Å²) in [6, 6.07) is 3.35. The Morgan fingerprint density at radius 2 is 2.25 bits per heavy atom. The summed E-state index contributed by atoms with van der Waals surface area (Å²) in [5.74, 6) is 0. The van der Waals surface area contributed by atoms with Crippen molar-refractivity contribution < 1.29 is 23.2 Å². The van der Waals surface area contributed by atoms with Crippen LogP contribution >= 0.6 is 0 Å². The minimum absolute atomic E-state index is 0.166. The molecule has 0 amide bonds. The predicted octanol–water partition coefficient (Wildman–Crippen LogP) is 2.36. The molecule has 1 saturated heterocycles. The molecule has 0 radical (unpaired) electrons. The minimum Gasteiger partial charge on any atom is -0.382 e. The Balaban J connectivity index is 2.07. The number of nitrogens with zero attached hydrogens (tertiary/aromatic N) is 1. The van der Waals surface area contributed by atoms with E-state index in [0.29, 0.717) is 26.4 Å². The summed E-state index contributed by atoms with van der Waals surface area (Å²) >= 11 is 0. The first-order valence-corrected chi connectivity index (χ1v) is 6.07. The third-order valence-electron chi connectivity index (χ3n) is 2.89. The number of hydrogen-bond donors (Lipinski definition) is 1. The van der Waals surface area contributed by atoms with Crippen molar-refractivity contribution >= 4 is 11.4 Å². The van der Waals surface area contributed by atoms with Gasteiger partial charge in [0.2, 0.25) is 0 Å². The number of benzene rings is 1. The normalized spacial score (nSPS) is 19.1. The molecule has 0 aromatic heterocycles. The van der Waals surface area contributed by atoms with E-state index in [9.17, 15) is 18.9 Å². The number of hydrogen-bond acceptors (Lipinski definition) is 5. The van der Waals surface area contributed by atoms with E-state index in [1.807, 2.05) is 0 Å². The number of non-ortho nitro benzene ring substituents is 1. The van der Waals surface area contributed by atoms with E-state index in [1.165, 1.54) is 12.1 Å². The van der Waals surface area contributed by atoms with E-state index in [-0.39, 0.29) is 17.5 Å². The SMILES string of the molecule is O=[N+]([O-])c1ccc(NCC2COCCO2)c(C(F)F)c1. The van der Waals surface area contributed by atoms with Gasteiger partial charge in [-0.1, -0.05) is 0 Å². The molecule has 0 saturated carbocycles. The van der Waals surface area contributed by atoms with Crippen molar-refractivity contribution in [2.24, 2.45) is 0 Å². The Hall–Kier alpha value is -1.80. The van der Waals surface area contributed by atoms with Crippen LogP contribution in [-0.4, -0.2) is 37.4 Å². The Bertz CT molecular complexity index is 479. The van der Waals surface area contributed by atoms with Gasteiger partial charge in [0.15, 0.2) is 0 Å². The quantitative estimate of drug-likeness (QED) is 0.665. The van der Waals surface area contributed by atoms with Gasteiger partial charge in [0.05, 0.1) is 30.8 Å². The van der Waals surface area contributed by atoms with Crippen molar-refractivity contribution in [2.45, 2.75) is 12.5 Å². The third-order valence-corrected chi connectivity index (χ3v) is 2.89. The number of alkyl halides is 2. The molecule has 1 heterocycles.